The summed E-state index contributed by atoms with van der Waals surface area (Å²) in [7, 11) is 2.04. The molecule has 5 nitrogen and oxygen atoms in total. The Balaban J connectivity index is 1.64. The highest BCUT2D eigenvalue weighted by molar-refractivity contribution is 5.39. The summed E-state index contributed by atoms with van der Waals surface area (Å²) in [6.07, 6.45) is 1.01. The van der Waals surface area contributed by atoms with Crippen LogP contribution in [0.15, 0.2) is 22.7 Å². The Morgan fingerprint density at radius 3 is 3.00 bits per heavy atom. The van der Waals surface area contributed by atoms with Crippen molar-refractivity contribution in [2.45, 2.75) is 26.4 Å². The van der Waals surface area contributed by atoms with Crippen LogP contribution in [-0.4, -0.2) is 28.7 Å². The molecule has 0 bridgehead atoms. The van der Waals surface area contributed by atoms with Gasteiger partial charge in [0.05, 0.1) is 13.2 Å². The topological polar surface area (TPSA) is 51.4 Å². The van der Waals surface area contributed by atoms with E-state index in [0.29, 0.717) is 18.3 Å². The molecule has 3 rings (SSSR count). The van der Waals surface area contributed by atoms with E-state index in [9.17, 15) is 0 Å². The second kappa shape index (κ2) is 5.01. The molecule has 2 aromatic rings. The lowest BCUT2D eigenvalue weighted by Crippen LogP contribution is -2.17. The molecule has 1 aromatic carbocycles. The van der Waals surface area contributed by atoms with Crippen molar-refractivity contribution in [3.05, 3.63) is 41.0 Å². The third kappa shape index (κ3) is 2.76. The number of hydrogen-bond donors (Lipinski definition) is 0. The molecular formula is C14H17N3O2. The lowest BCUT2D eigenvalue weighted by molar-refractivity contribution is 0.260. The average molecular weight is 259 g/mol. The Bertz CT molecular complexity index is 580. The molecule has 5 heteroatoms. The predicted molar refractivity (Wildman–Crippen MR) is 69.8 cm³/mol. The Hall–Kier alpha value is -1.88. The standard InChI is InChI=1S/C14H17N3O2/c1-10-15-14(19-16-10)9-17(2)8-11-3-4-13-12(7-11)5-6-18-13/h3-4,7H,5-6,8-9H2,1-2H3. The van der Waals surface area contributed by atoms with Crippen molar-refractivity contribution in [3.8, 4) is 5.75 Å². The zero-order valence-electron chi connectivity index (χ0n) is 11.2. The van der Waals surface area contributed by atoms with Crippen molar-refractivity contribution in [2.75, 3.05) is 13.7 Å². The first-order valence-electron chi connectivity index (χ1n) is 6.43. The van der Waals surface area contributed by atoms with Gasteiger partial charge in [-0.05, 0) is 31.2 Å². The minimum atomic E-state index is 0.657. The van der Waals surface area contributed by atoms with E-state index in [-0.39, 0.29) is 0 Å². The largest absolute Gasteiger partial charge is 0.493 e. The van der Waals surface area contributed by atoms with E-state index in [1.165, 1.54) is 11.1 Å². The fourth-order valence-corrected chi connectivity index (χ4v) is 2.34. The van der Waals surface area contributed by atoms with Crippen molar-refractivity contribution >= 4 is 0 Å². The van der Waals surface area contributed by atoms with Gasteiger partial charge in [-0.2, -0.15) is 4.98 Å². The summed E-state index contributed by atoms with van der Waals surface area (Å²) in [4.78, 5) is 6.37. The van der Waals surface area contributed by atoms with Gasteiger partial charge in [0, 0.05) is 13.0 Å². The highest BCUT2D eigenvalue weighted by atomic mass is 16.5. The van der Waals surface area contributed by atoms with E-state index in [0.717, 1.165) is 25.3 Å². The van der Waals surface area contributed by atoms with E-state index < -0.39 is 0 Å². The Kier molecular flexibility index (Phi) is 3.21. The maximum absolute atomic E-state index is 5.51. The zero-order valence-corrected chi connectivity index (χ0v) is 11.2. The number of aryl methyl sites for hydroxylation is 1. The van der Waals surface area contributed by atoms with Crippen molar-refractivity contribution in [2.24, 2.45) is 0 Å². The highest BCUT2D eigenvalue weighted by Gasteiger charge is 2.13. The predicted octanol–water partition coefficient (Wildman–Crippen LogP) is 1.94. The maximum atomic E-state index is 5.51. The van der Waals surface area contributed by atoms with Gasteiger partial charge < -0.3 is 9.26 Å². The Morgan fingerprint density at radius 1 is 1.32 bits per heavy atom. The van der Waals surface area contributed by atoms with E-state index in [4.69, 9.17) is 9.26 Å². The maximum Gasteiger partial charge on any atom is 0.240 e. The van der Waals surface area contributed by atoms with E-state index in [2.05, 4.69) is 33.2 Å². The molecule has 2 heterocycles. The lowest BCUT2D eigenvalue weighted by Gasteiger charge is -2.14. The summed E-state index contributed by atoms with van der Waals surface area (Å²) in [6, 6.07) is 6.39. The van der Waals surface area contributed by atoms with E-state index in [1.54, 1.807) is 0 Å². The summed E-state index contributed by atoms with van der Waals surface area (Å²) < 4.78 is 10.6. The first-order valence-corrected chi connectivity index (χ1v) is 6.43. The van der Waals surface area contributed by atoms with Gasteiger partial charge in [0.2, 0.25) is 5.89 Å². The minimum absolute atomic E-state index is 0.657. The number of ether oxygens (including phenoxy) is 1. The van der Waals surface area contributed by atoms with Crippen LogP contribution in [-0.2, 0) is 19.5 Å². The van der Waals surface area contributed by atoms with Crippen molar-refractivity contribution in [3.63, 3.8) is 0 Å². The summed E-state index contributed by atoms with van der Waals surface area (Å²) in [5.41, 5.74) is 2.59. The number of benzene rings is 1. The number of hydrogen-bond acceptors (Lipinski definition) is 5. The van der Waals surface area contributed by atoms with Crippen molar-refractivity contribution in [1.29, 1.82) is 0 Å². The van der Waals surface area contributed by atoms with Gasteiger partial charge in [-0.3, -0.25) is 4.90 Å². The van der Waals surface area contributed by atoms with Crippen LogP contribution in [0.1, 0.15) is 22.8 Å². The number of nitrogens with zero attached hydrogens (tertiary/aromatic N) is 3. The van der Waals surface area contributed by atoms with Crippen LogP contribution in [0.5, 0.6) is 5.75 Å². The molecule has 1 aromatic heterocycles. The molecule has 19 heavy (non-hydrogen) atoms. The fourth-order valence-electron chi connectivity index (χ4n) is 2.34. The van der Waals surface area contributed by atoms with Crippen molar-refractivity contribution < 1.29 is 9.26 Å². The number of aromatic nitrogens is 2. The summed E-state index contributed by atoms with van der Waals surface area (Å²) in [5, 5.41) is 3.79. The van der Waals surface area contributed by atoms with Crippen LogP contribution < -0.4 is 4.74 Å². The Morgan fingerprint density at radius 2 is 2.21 bits per heavy atom. The molecule has 100 valence electrons. The number of rotatable bonds is 4. The first kappa shape index (κ1) is 12.2. The second-order valence-electron chi connectivity index (χ2n) is 4.95. The normalized spacial score (nSPS) is 13.6. The van der Waals surface area contributed by atoms with Gasteiger partial charge in [-0.1, -0.05) is 17.3 Å². The molecule has 1 aliphatic heterocycles. The molecule has 0 aliphatic carbocycles. The molecule has 0 radical (unpaired) electrons. The Labute approximate surface area is 112 Å². The lowest BCUT2D eigenvalue weighted by atomic mass is 10.1. The molecule has 0 unspecified atom stereocenters. The monoisotopic (exact) mass is 259 g/mol. The van der Waals surface area contributed by atoms with Gasteiger partial charge in [0.15, 0.2) is 5.82 Å². The zero-order chi connectivity index (χ0) is 13.2. The minimum Gasteiger partial charge on any atom is -0.493 e. The van der Waals surface area contributed by atoms with Gasteiger partial charge in [0.1, 0.15) is 5.75 Å². The third-order valence-electron chi connectivity index (χ3n) is 3.18. The van der Waals surface area contributed by atoms with Gasteiger partial charge >= 0.3 is 0 Å². The molecule has 0 saturated carbocycles. The molecule has 1 aliphatic rings. The summed E-state index contributed by atoms with van der Waals surface area (Å²) >= 11 is 0. The van der Waals surface area contributed by atoms with Crippen LogP contribution in [0.3, 0.4) is 0 Å². The molecule has 0 fully saturated rings. The summed E-state index contributed by atoms with van der Waals surface area (Å²) in [6.45, 7) is 4.15. The second-order valence-corrected chi connectivity index (χ2v) is 4.95. The van der Waals surface area contributed by atoms with Crippen LogP contribution in [0.4, 0.5) is 0 Å². The van der Waals surface area contributed by atoms with Gasteiger partial charge in [-0.25, -0.2) is 0 Å². The summed E-state index contributed by atoms with van der Waals surface area (Å²) in [5.74, 6) is 2.36. The SMILES string of the molecule is Cc1noc(CN(C)Cc2ccc3c(c2)CCO3)n1. The van der Waals surface area contributed by atoms with Crippen LogP contribution in [0.25, 0.3) is 0 Å². The molecule has 0 spiro atoms. The molecule has 0 atom stereocenters. The number of fused-ring (bicyclic) bond motifs is 1. The molecule has 0 N–H and O–H groups in total. The van der Waals surface area contributed by atoms with Crippen molar-refractivity contribution in [1.82, 2.24) is 15.0 Å². The first-order chi connectivity index (χ1) is 9.20. The highest BCUT2D eigenvalue weighted by Crippen LogP contribution is 2.26. The quantitative estimate of drug-likeness (QED) is 0.840. The van der Waals surface area contributed by atoms with Gasteiger partial charge in [0.25, 0.3) is 0 Å². The van der Waals surface area contributed by atoms with Gasteiger partial charge in [-0.15, -0.1) is 0 Å². The molecule has 0 saturated heterocycles. The van der Waals surface area contributed by atoms with Crippen LogP contribution in [0, 0.1) is 6.92 Å². The fraction of sp³-hybridized carbons (Fsp3) is 0.429. The molecule has 0 amide bonds. The van der Waals surface area contributed by atoms with Crippen LogP contribution >= 0.6 is 0 Å². The van der Waals surface area contributed by atoms with E-state index >= 15 is 0 Å². The molecular weight excluding hydrogens is 242 g/mol. The van der Waals surface area contributed by atoms with E-state index in [1.807, 2.05) is 14.0 Å². The smallest absolute Gasteiger partial charge is 0.240 e. The third-order valence-corrected chi connectivity index (χ3v) is 3.18. The van der Waals surface area contributed by atoms with Crippen LogP contribution in [0.2, 0.25) is 0 Å². The average Bonchev–Trinajstić information content (AvgIpc) is 2.97.